The van der Waals surface area contributed by atoms with Gasteiger partial charge in [0.2, 0.25) is 10.0 Å². The smallest absolute Gasteiger partial charge is 0.373 e. The van der Waals surface area contributed by atoms with E-state index in [1.807, 2.05) is 19.9 Å². The Kier molecular flexibility index (Phi) is 16.2. The molecule has 0 aliphatic heterocycles. The van der Waals surface area contributed by atoms with E-state index < -0.39 is 27.5 Å². The number of fused-ring (bicyclic) bond motifs is 2. The Labute approximate surface area is 305 Å². The van der Waals surface area contributed by atoms with Crippen LogP contribution in [0.1, 0.15) is 41.2 Å². The van der Waals surface area contributed by atoms with Crippen LogP contribution in [0.3, 0.4) is 0 Å². The summed E-state index contributed by atoms with van der Waals surface area (Å²) in [5, 5.41) is 23.4. The Morgan fingerprint density at radius 1 is 0.788 bits per heavy atom. The molecule has 52 heavy (non-hydrogen) atoms. The first-order chi connectivity index (χ1) is 24.7. The summed E-state index contributed by atoms with van der Waals surface area (Å²) >= 11 is -0.750. The number of phenolic OH excluding ortho intramolecular Hbond substituents is 2. The molecule has 4 aromatic carbocycles. The Morgan fingerprint density at radius 3 is 1.81 bits per heavy atom. The van der Waals surface area contributed by atoms with Gasteiger partial charge in [-0.1, -0.05) is 48.5 Å². The van der Waals surface area contributed by atoms with E-state index in [9.17, 15) is 18.3 Å². The third kappa shape index (κ3) is 11.3. The van der Waals surface area contributed by atoms with Crippen LogP contribution in [0.15, 0.2) is 97.1 Å². The average Bonchev–Trinajstić information content (AvgIpc) is 3.67. The third-order valence-corrected chi connectivity index (χ3v) is 9.14. The van der Waals surface area contributed by atoms with Gasteiger partial charge >= 0.3 is 17.7 Å². The molecule has 15 heteroatoms. The van der Waals surface area contributed by atoms with Crippen molar-refractivity contribution in [2.45, 2.75) is 41.2 Å². The summed E-state index contributed by atoms with van der Waals surface area (Å²) in [5.74, 6) is -0.670. The minimum absolute atomic E-state index is 0.00366. The minimum Gasteiger partial charge on any atom is -0.506 e. The highest BCUT2D eigenvalue weighted by Crippen LogP contribution is 2.27. The molecule has 2 aromatic heterocycles. The molecule has 0 unspecified atom stereocenters. The Hall–Kier alpha value is -6.02. The lowest BCUT2D eigenvalue weighted by molar-refractivity contribution is -0.191. The fourth-order valence-electron chi connectivity index (χ4n) is 5.10. The van der Waals surface area contributed by atoms with Crippen LogP contribution in [0, 0.1) is 20.8 Å². The predicted octanol–water partition coefficient (Wildman–Crippen LogP) is 6.10. The number of rotatable bonds is 5. The average molecular weight is 749 g/mol. The predicted molar refractivity (Wildman–Crippen MR) is 201 cm³/mol. The molecule has 13 nitrogen and oxygen atoms in total. The number of hydrogen-bond donors (Lipinski definition) is 4. The van der Waals surface area contributed by atoms with E-state index in [0.29, 0.717) is 16.6 Å². The monoisotopic (exact) mass is 748 g/mol. The fourth-order valence-corrected chi connectivity index (χ4v) is 6.25. The van der Waals surface area contributed by atoms with Crippen molar-refractivity contribution in [3.8, 4) is 11.5 Å². The third-order valence-electron chi connectivity index (χ3n) is 7.46. The summed E-state index contributed by atoms with van der Waals surface area (Å²) in [5.41, 5.74) is 11.1. The van der Waals surface area contributed by atoms with Gasteiger partial charge in [0, 0.05) is 23.1 Å². The molecule has 1 amide bonds. The van der Waals surface area contributed by atoms with Crippen molar-refractivity contribution in [2.75, 3.05) is 16.8 Å². The van der Waals surface area contributed by atoms with Crippen LogP contribution in [0.2, 0.25) is 0 Å². The van der Waals surface area contributed by atoms with Crippen molar-refractivity contribution in [1.82, 2.24) is 8.54 Å². The van der Waals surface area contributed by atoms with Gasteiger partial charge in [-0.2, -0.15) is 18.0 Å². The molecule has 5 N–H and O–H groups in total. The van der Waals surface area contributed by atoms with Crippen molar-refractivity contribution in [3.05, 3.63) is 120 Å². The molecule has 6 aromatic rings. The number of nitrogens with two attached hydrogens (primary N) is 1. The van der Waals surface area contributed by atoms with E-state index in [1.165, 1.54) is 35.7 Å². The number of nitrogens with one attached hydrogen (secondary N) is 1. The zero-order valence-electron chi connectivity index (χ0n) is 29.2. The fraction of sp³-hybridized carbons (Fsp3) is 0.189. The number of aromatic nitrogens is 2. The molecule has 0 bridgehead atoms. The number of anilines is 2. The molecular weight excluding hydrogens is 709 g/mol. The molecule has 274 valence electrons. The van der Waals surface area contributed by atoms with Gasteiger partial charge in [0.1, 0.15) is 17.2 Å². The largest absolute Gasteiger partial charge is 0.506 e. The van der Waals surface area contributed by atoms with Crippen LogP contribution >= 0.6 is 0 Å². The first-order valence-corrected chi connectivity index (χ1v) is 17.9. The lowest BCUT2D eigenvalue weighted by Gasteiger charge is -2.12. The lowest BCUT2D eigenvalue weighted by atomic mass is 10.2. The zero-order valence-corrected chi connectivity index (χ0v) is 30.8. The number of aryl methyl sites for hydroxylation is 4. The second-order valence-electron chi connectivity index (χ2n) is 11.0. The summed E-state index contributed by atoms with van der Waals surface area (Å²) in [7, 11) is -3.67. The van der Waals surface area contributed by atoms with Gasteiger partial charge in [-0.25, -0.2) is 12.4 Å². The van der Waals surface area contributed by atoms with Gasteiger partial charge in [0.25, 0.3) is 5.91 Å². The van der Waals surface area contributed by atoms with Gasteiger partial charge in [-0.15, -0.1) is 0 Å². The number of nitrogens with zero attached hydrogens (tertiary/aromatic N) is 2. The van der Waals surface area contributed by atoms with Gasteiger partial charge in [0.15, 0.2) is 0 Å². The van der Waals surface area contributed by atoms with E-state index in [0.717, 1.165) is 21.6 Å². The number of nitrogen functional groups attached to an aromatic ring is 1. The summed E-state index contributed by atoms with van der Waals surface area (Å²) in [6.45, 7) is 10.7. The number of phenols is 2. The molecule has 0 spiro atoms. The maximum Gasteiger partial charge on any atom is 0.373 e. The van der Waals surface area contributed by atoms with E-state index in [4.69, 9.17) is 28.8 Å². The SMILES string of the molecule is CCS(=O)(=O)n1c(C(=O)Nc2cc(C)ccc2O)cc2ccccc21.CCn1c(C)cc2ccccc21.Cc1ccc(O)c(N)c1.O=C=O.O=S=O. The van der Waals surface area contributed by atoms with E-state index in [1.54, 1.807) is 48.5 Å². The number of carbonyl (C=O) groups is 1. The first kappa shape index (κ1) is 42.1. The highest BCUT2D eigenvalue weighted by atomic mass is 32.2. The number of para-hydroxylation sites is 2. The number of amides is 1. The van der Waals surface area contributed by atoms with Crippen LogP contribution in [0.4, 0.5) is 11.4 Å². The number of benzene rings is 4. The molecule has 0 saturated carbocycles. The molecule has 0 atom stereocenters. The standard InChI is InChI=1S/C18H18N2O4S.C11H13N.C7H9NO.CO2.O2S/c1-3-25(23,24)20-15-7-5-4-6-13(15)11-16(20)18(22)19-14-10-12(2)8-9-17(14)21;1-3-12-9(2)8-10-6-4-5-7-11(10)12;1-5-2-3-7(9)6(8)4-5;2-1-3;1-3-2/h4-11,21H,3H2,1-2H3,(H,19,22);4-8H,3H2,1-2H3;2-4,9H,8H2,1H3;;. The molecule has 0 saturated heterocycles. The van der Waals surface area contributed by atoms with Crippen molar-refractivity contribution in [1.29, 1.82) is 0 Å². The topological polar surface area (TPSA) is 208 Å². The maximum atomic E-state index is 12.7. The number of aromatic hydroxyl groups is 2. The Balaban J connectivity index is 0.000000285. The quantitative estimate of drug-likeness (QED) is 0.118. The van der Waals surface area contributed by atoms with Crippen molar-refractivity contribution in [2.24, 2.45) is 0 Å². The van der Waals surface area contributed by atoms with Crippen LogP contribution in [0.25, 0.3) is 21.8 Å². The first-order valence-electron chi connectivity index (χ1n) is 15.6. The molecule has 6 rings (SSSR count). The maximum absolute atomic E-state index is 12.7. The van der Waals surface area contributed by atoms with Crippen molar-refractivity contribution in [3.63, 3.8) is 0 Å². The van der Waals surface area contributed by atoms with Gasteiger partial charge in [-0.05, 0) is 99.7 Å². The van der Waals surface area contributed by atoms with Crippen LogP contribution in [0.5, 0.6) is 11.5 Å². The zero-order chi connectivity index (χ0) is 39.0. The highest BCUT2D eigenvalue weighted by molar-refractivity contribution is 7.90. The summed E-state index contributed by atoms with van der Waals surface area (Å²) in [6, 6.07) is 29.1. The number of hydrogen-bond acceptors (Lipinski definition) is 10. The van der Waals surface area contributed by atoms with Gasteiger partial charge < -0.3 is 25.8 Å². The lowest BCUT2D eigenvalue weighted by Crippen LogP contribution is -2.23. The molecule has 2 heterocycles. The summed E-state index contributed by atoms with van der Waals surface area (Å²) in [6.07, 6.45) is 0.250. The second kappa shape index (κ2) is 20.0. The number of carbonyl (C=O) groups excluding carboxylic acids is 3. The molecular formula is C37H40N4O9S2. The van der Waals surface area contributed by atoms with Gasteiger partial charge in [0.05, 0.1) is 22.6 Å². The highest BCUT2D eigenvalue weighted by Gasteiger charge is 2.24. The minimum atomic E-state index is -3.67. The second-order valence-corrected chi connectivity index (χ2v) is 13.3. The van der Waals surface area contributed by atoms with Crippen LogP contribution in [-0.2, 0) is 37.7 Å². The molecule has 0 aliphatic rings. The normalized spacial score (nSPS) is 10.1. The van der Waals surface area contributed by atoms with Gasteiger partial charge in [-0.3, -0.25) is 4.79 Å². The summed E-state index contributed by atoms with van der Waals surface area (Å²) < 4.78 is 45.0. The Bertz CT molecular complexity index is 2310. The van der Waals surface area contributed by atoms with Crippen molar-refractivity contribution < 1.29 is 41.4 Å². The van der Waals surface area contributed by atoms with Crippen molar-refractivity contribution >= 4 is 66.8 Å². The molecule has 0 radical (unpaired) electrons. The van der Waals surface area contributed by atoms with E-state index >= 15 is 0 Å². The van der Waals surface area contributed by atoms with E-state index in [2.05, 4.69) is 54.1 Å². The summed E-state index contributed by atoms with van der Waals surface area (Å²) in [4.78, 5) is 29.0. The van der Waals surface area contributed by atoms with E-state index in [-0.39, 0.29) is 34.8 Å². The molecule has 0 aliphatic carbocycles. The van der Waals surface area contributed by atoms with Crippen LogP contribution in [-0.4, -0.2) is 53.4 Å². The Morgan fingerprint density at radius 2 is 1.29 bits per heavy atom. The molecule has 0 fully saturated rings. The van der Waals surface area contributed by atoms with Crippen LogP contribution < -0.4 is 11.1 Å².